The van der Waals surface area contributed by atoms with Crippen molar-refractivity contribution in [3.8, 4) is 11.1 Å². The standard InChI is InChI=1S/C28H29F3O3/c1-3-4-5-6-26-33-16-21(17-34-26)20-11-12-22(24(29)15-20)18-7-9-19(10-8-18)23-13-14-25(32-2)28(31)27(23)30/h3-4,7-15,21,26-28H,5-6,16-17H2,1-2H3/b4-3+. The van der Waals surface area contributed by atoms with E-state index < -0.39 is 12.3 Å². The van der Waals surface area contributed by atoms with Gasteiger partial charge in [0.1, 0.15) is 11.6 Å². The molecule has 0 spiro atoms. The fourth-order valence-electron chi connectivity index (χ4n) is 4.26. The summed E-state index contributed by atoms with van der Waals surface area (Å²) in [5.74, 6) is -0.410. The van der Waals surface area contributed by atoms with Crippen molar-refractivity contribution in [3.05, 3.63) is 89.5 Å². The highest BCUT2D eigenvalue weighted by atomic mass is 19.2. The number of rotatable bonds is 7. The minimum atomic E-state index is -1.84. The topological polar surface area (TPSA) is 27.7 Å². The van der Waals surface area contributed by atoms with Gasteiger partial charge in [-0.05, 0) is 47.8 Å². The Morgan fingerprint density at radius 2 is 1.68 bits per heavy atom. The van der Waals surface area contributed by atoms with E-state index in [0.717, 1.165) is 18.4 Å². The smallest absolute Gasteiger partial charge is 0.192 e. The average Bonchev–Trinajstić information content (AvgIpc) is 2.86. The monoisotopic (exact) mass is 470 g/mol. The number of benzene rings is 2. The Kier molecular flexibility index (Phi) is 7.91. The highest BCUT2D eigenvalue weighted by molar-refractivity contribution is 5.75. The summed E-state index contributed by atoms with van der Waals surface area (Å²) < 4.78 is 60.2. The van der Waals surface area contributed by atoms with Gasteiger partial charge in [0, 0.05) is 17.9 Å². The zero-order chi connectivity index (χ0) is 24.1. The largest absolute Gasteiger partial charge is 0.498 e. The van der Waals surface area contributed by atoms with Gasteiger partial charge < -0.3 is 14.2 Å². The summed E-state index contributed by atoms with van der Waals surface area (Å²) in [4.78, 5) is 0. The van der Waals surface area contributed by atoms with Gasteiger partial charge in [0.25, 0.3) is 0 Å². The molecule has 1 saturated heterocycles. The number of allylic oxidation sites excluding steroid dienone is 6. The molecular weight excluding hydrogens is 441 g/mol. The Balaban J connectivity index is 1.44. The van der Waals surface area contributed by atoms with Crippen molar-refractivity contribution in [1.82, 2.24) is 0 Å². The van der Waals surface area contributed by atoms with E-state index in [9.17, 15) is 13.2 Å². The van der Waals surface area contributed by atoms with Crippen LogP contribution in [0.3, 0.4) is 0 Å². The molecule has 2 unspecified atom stereocenters. The molecule has 0 N–H and O–H groups in total. The SMILES string of the molecule is C/C=C/CCC1OCC(c2ccc(-c3ccc(C4=CC=C(OC)C(F)C4F)cc3)c(F)c2)CO1. The fourth-order valence-corrected chi connectivity index (χ4v) is 4.26. The number of ether oxygens (including phenoxy) is 3. The minimum Gasteiger partial charge on any atom is -0.498 e. The van der Waals surface area contributed by atoms with Gasteiger partial charge in [-0.25, -0.2) is 13.2 Å². The molecule has 2 atom stereocenters. The van der Waals surface area contributed by atoms with Crippen LogP contribution in [0.2, 0.25) is 0 Å². The summed E-state index contributed by atoms with van der Waals surface area (Å²) in [6, 6.07) is 11.9. The Labute approximate surface area is 198 Å². The first-order chi connectivity index (χ1) is 16.5. The molecule has 0 radical (unpaired) electrons. The van der Waals surface area contributed by atoms with Crippen LogP contribution in [0.5, 0.6) is 0 Å². The summed E-state index contributed by atoms with van der Waals surface area (Å²) in [7, 11) is 1.32. The lowest BCUT2D eigenvalue weighted by molar-refractivity contribution is -0.189. The van der Waals surface area contributed by atoms with E-state index in [1.807, 2.05) is 19.1 Å². The predicted octanol–water partition coefficient (Wildman–Crippen LogP) is 6.91. The molecule has 2 aromatic rings. The Hall–Kier alpha value is -2.83. The number of methoxy groups -OCH3 is 1. The molecule has 34 heavy (non-hydrogen) atoms. The molecule has 0 aromatic heterocycles. The Morgan fingerprint density at radius 3 is 2.32 bits per heavy atom. The summed E-state index contributed by atoms with van der Waals surface area (Å²) in [5, 5.41) is 0. The van der Waals surface area contributed by atoms with Crippen molar-refractivity contribution >= 4 is 5.57 Å². The average molecular weight is 471 g/mol. The highest BCUT2D eigenvalue weighted by Gasteiger charge is 2.32. The molecule has 0 bridgehead atoms. The second-order valence-electron chi connectivity index (χ2n) is 8.45. The van der Waals surface area contributed by atoms with E-state index in [2.05, 4.69) is 6.08 Å². The van der Waals surface area contributed by atoms with Gasteiger partial charge in [-0.1, -0.05) is 54.6 Å². The van der Waals surface area contributed by atoms with E-state index in [4.69, 9.17) is 14.2 Å². The van der Waals surface area contributed by atoms with Gasteiger partial charge in [0.2, 0.25) is 0 Å². The highest BCUT2D eigenvalue weighted by Crippen LogP contribution is 2.34. The lowest BCUT2D eigenvalue weighted by atomic mass is 9.91. The van der Waals surface area contributed by atoms with Crippen LogP contribution in [0.25, 0.3) is 16.7 Å². The zero-order valence-corrected chi connectivity index (χ0v) is 19.3. The Bertz CT molecular complexity index is 1070. The number of halogens is 3. The second-order valence-corrected chi connectivity index (χ2v) is 8.45. The molecule has 2 aliphatic rings. The molecule has 3 nitrogen and oxygen atoms in total. The molecule has 6 heteroatoms. The maximum atomic E-state index is 15.0. The first kappa shape index (κ1) is 24.3. The minimum absolute atomic E-state index is 0.0256. The summed E-state index contributed by atoms with van der Waals surface area (Å²) in [5.41, 5.74) is 2.70. The molecular formula is C28H29F3O3. The molecule has 1 aliphatic carbocycles. The zero-order valence-electron chi connectivity index (χ0n) is 19.3. The van der Waals surface area contributed by atoms with Gasteiger partial charge in [0.05, 0.1) is 20.3 Å². The van der Waals surface area contributed by atoms with Crippen molar-refractivity contribution in [3.63, 3.8) is 0 Å². The van der Waals surface area contributed by atoms with Gasteiger partial charge >= 0.3 is 0 Å². The quantitative estimate of drug-likeness (QED) is 0.412. The third kappa shape index (κ3) is 5.29. The molecule has 2 aromatic carbocycles. The van der Waals surface area contributed by atoms with Crippen LogP contribution in [0.4, 0.5) is 13.2 Å². The first-order valence-electron chi connectivity index (χ1n) is 11.5. The van der Waals surface area contributed by atoms with Crippen LogP contribution in [0.1, 0.15) is 36.8 Å². The van der Waals surface area contributed by atoms with Crippen molar-refractivity contribution in [2.45, 2.75) is 44.3 Å². The number of hydrogen-bond acceptors (Lipinski definition) is 3. The molecule has 180 valence electrons. The van der Waals surface area contributed by atoms with Gasteiger partial charge in [-0.3, -0.25) is 0 Å². The van der Waals surface area contributed by atoms with E-state index in [1.54, 1.807) is 30.3 Å². The lowest BCUT2D eigenvalue weighted by Gasteiger charge is -2.29. The van der Waals surface area contributed by atoms with Crippen LogP contribution >= 0.6 is 0 Å². The fraction of sp³-hybridized carbons (Fsp3) is 0.357. The maximum Gasteiger partial charge on any atom is 0.192 e. The summed E-state index contributed by atoms with van der Waals surface area (Å²) in [6.45, 7) is 2.96. The van der Waals surface area contributed by atoms with Crippen molar-refractivity contribution < 1.29 is 27.4 Å². The molecule has 1 heterocycles. The molecule has 0 saturated carbocycles. The van der Waals surface area contributed by atoms with Crippen molar-refractivity contribution in [2.24, 2.45) is 0 Å². The summed E-state index contributed by atoms with van der Waals surface area (Å²) >= 11 is 0. The number of hydrogen-bond donors (Lipinski definition) is 0. The molecule has 4 rings (SSSR count). The van der Waals surface area contributed by atoms with Gasteiger partial charge in [0.15, 0.2) is 18.6 Å². The predicted molar refractivity (Wildman–Crippen MR) is 127 cm³/mol. The van der Waals surface area contributed by atoms with E-state index in [-0.39, 0.29) is 29.4 Å². The van der Waals surface area contributed by atoms with Gasteiger partial charge in [-0.2, -0.15) is 0 Å². The van der Waals surface area contributed by atoms with Crippen molar-refractivity contribution in [2.75, 3.05) is 20.3 Å². The second kappa shape index (κ2) is 11.1. The summed E-state index contributed by atoms with van der Waals surface area (Å²) in [6.07, 6.45) is 4.86. The first-order valence-corrected chi connectivity index (χ1v) is 11.5. The van der Waals surface area contributed by atoms with Crippen molar-refractivity contribution in [1.29, 1.82) is 0 Å². The van der Waals surface area contributed by atoms with E-state index in [1.165, 1.54) is 25.3 Å². The van der Waals surface area contributed by atoms with Crippen LogP contribution in [0, 0.1) is 5.82 Å². The van der Waals surface area contributed by atoms with E-state index >= 15 is 0 Å². The maximum absolute atomic E-state index is 15.0. The third-order valence-corrected chi connectivity index (χ3v) is 6.25. The van der Waals surface area contributed by atoms with E-state index in [0.29, 0.717) is 29.9 Å². The third-order valence-electron chi connectivity index (χ3n) is 6.25. The van der Waals surface area contributed by atoms with Crippen LogP contribution in [0.15, 0.2) is 72.5 Å². The molecule has 1 fully saturated rings. The van der Waals surface area contributed by atoms with Gasteiger partial charge in [-0.15, -0.1) is 0 Å². The molecule has 0 amide bonds. The molecule has 1 aliphatic heterocycles. The van der Waals surface area contributed by atoms with Crippen LogP contribution in [-0.2, 0) is 14.2 Å². The normalized spacial score (nSPS) is 25.2. The number of alkyl halides is 2. The van der Waals surface area contributed by atoms with Crippen LogP contribution < -0.4 is 0 Å². The lowest BCUT2D eigenvalue weighted by Crippen LogP contribution is -2.30. The Morgan fingerprint density at radius 1 is 0.971 bits per heavy atom. The van der Waals surface area contributed by atoms with Crippen LogP contribution in [-0.4, -0.2) is 39.0 Å².